The largest absolute Gasteiger partial charge is 0.495 e. The number of hydrogen-bond donors (Lipinski definition) is 2. The summed E-state index contributed by atoms with van der Waals surface area (Å²) < 4.78 is 5.12. The molecule has 0 atom stereocenters. The van der Waals surface area contributed by atoms with Crippen molar-refractivity contribution in [3.05, 3.63) is 45.6 Å². The maximum Gasteiger partial charge on any atom is 0.253 e. The van der Waals surface area contributed by atoms with E-state index in [4.69, 9.17) is 10.5 Å². The molecule has 106 valence electrons. The Morgan fingerprint density at radius 1 is 1.40 bits per heavy atom. The molecule has 0 aliphatic heterocycles. The van der Waals surface area contributed by atoms with Crippen LogP contribution >= 0.6 is 11.3 Å². The highest BCUT2D eigenvalue weighted by Gasteiger charge is 2.13. The van der Waals surface area contributed by atoms with Crippen molar-refractivity contribution in [2.24, 2.45) is 0 Å². The van der Waals surface area contributed by atoms with E-state index in [2.05, 4.69) is 18.3 Å². The van der Waals surface area contributed by atoms with Gasteiger partial charge in [0.05, 0.1) is 24.9 Å². The average molecular weight is 290 g/mol. The third kappa shape index (κ3) is 2.93. The minimum absolute atomic E-state index is 0.183. The second-order valence-corrected chi connectivity index (χ2v) is 5.33. The van der Waals surface area contributed by atoms with Crippen LogP contribution in [0.15, 0.2) is 29.6 Å². The Bertz CT molecular complexity index is 608. The number of methoxy groups -OCH3 is 1. The molecule has 4 nitrogen and oxygen atoms in total. The molecule has 0 bridgehead atoms. The van der Waals surface area contributed by atoms with Crippen molar-refractivity contribution in [1.29, 1.82) is 0 Å². The number of nitrogen functional groups attached to an aromatic ring is 1. The van der Waals surface area contributed by atoms with Crippen molar-refractivity contribution in [1.82, 2.24) is 5.32 Å². The number of thiophene rings is 1. The van der Waals surface area contributed by atoms with Crippen LogP contribution in [0.3, 0.4) is 0 Å². The maximum absolute atomic E-state index is 12.2. The van der Waals surface area contributed by atoms with E-state index in [0.29, 0.717) is 23.5 Å². The summed E-state index contributed by atoms with van der Waals surface area (Å²) >= 11 is 1.65. The molecule has 0 aliphatic rings. The zero-order chi connectivity index (χ0) is 14.5. The van der Waals surface area contributed by atoms with Crippen molar-refractivity contribution in [3.63, 3.8) is 0 Å². The molecule has 0 spiro atoms. The van der Waals surface area contributed by atoms with Gasteiger partial charge in [0.2, 0.25) is 0 Å². The number of amides is 1. The first-order valence-electron chi connectivity index (χ1n) is 6.43. The van der Waals surface area contributed by atoms with Gasteiger partial charge in [0.15, 0.2) is 0 Å². The Balaban J connectivity index is 2.09. The third-order valence-corrected chi connectivity index (χ3v) is 4.12. The fraction of sp³-hybridized carbons (Fsp3) is 0.267. The van der Waals surface area contributed by atoms with Crippen LogP contribution in [0.25, 0.3) is 0 Å². The second-order valence-electron chi connectivity index (χ2n) is 4.33. The summed E-state index contributed by atoms with van der Waals surface area (Å²) in [6.07, 6.45) is 0.968. The zero-order valence-electron chi connectivity index (χ0n) is 11.6. The fourth-order valence-electron chi connectivity index (χ4n) is 2.01. The van der Waals surface area contributed by atoms with E-state index in [0.717, 1.165) is 6.42 Å². The summed E-state index contributed by atoms with van der Waals surface area (Å²) in [5, 5.41) is 4.95. The minimum atomic E-state index is -0.183. The first-order valence-corrected chi connectivity index (χ1v) is 7.31. The Kier molecular flexibility index (Phi) is 4.63. The monoisotopic (exact) mass is 290 g/mol. The van der Waals surface area contributed by atoms with E-state index in [1.807, 2.05) is 5.38 Å². The lowest BCUT2D eigenvalue weighted by molar-refractivity contribution is 0.0952. The van der Waals surface area contributed by atoms with Crippen LogP contribution < -0.4 is 15.8 Å². The maximum atomic E-state index is 12.2. The molecular formula is C15H18N2O2S. The smallest absolute Gasteiger partial charge is 0.253 e. The predicted molar refractivity (Wildman–Crippen MR) is 82.3 cm³/mol. The number of rotatable bonds is 5. The molecule has 3 N–H and O–H groups in total. The molecule has 0 unspecified atom stereocenters. The molecule has 0 saturated carbocycles. The Labute approximate surface area is 122 Å². The van der Waals surface area contributed by atoms with Crippen LogP contribution in [0, 0.1) is 0 Å². The summed E-state index contributed by atoms with van der Waals surface area (Å²) in [5.74, 6) is 0.333. The first kappa shape index (κ1) is 14.4. The lowest BCUT2D eigenvalue weighted by Gasteiger charge is -2.10. The highest BCUT2D eigenvalue weighted by molar-refractivity contribution is 7.10. The molecule has 0 fully saturated rings. The normalized spacial score (nSPS) is 10.3. The van der Waals surface area contributed by atoms with E-state index in [-0.39, 0.29) is 5.91 Å². The molecule has 0 saturated heterocycles. The van der Waals surface area contributed by atoms with Crippen molar-refractivity contribution in [2.75, 3.05) is 12.8 Å². The molecule has 1 aromatic carbocycles. The lowest BCUT2D eigenvalue weighted by atomic mass is 10.1. The second kappa shape index (κ2) is 6.43. The van der Waals surface area contributed by atoms with Crippen LogP contribution in [0.5, 0.6) is 5.75 Å². The van der Waals surface area contributed by atoms with E-state index >= 15 is 0 Å². The molecule has 0 radical (unpaired) electrons. The number of hydrogen-bond acceptors (Lipinski definition) is 4. The predicted octanol–water partition coefficient (Wildman–Crippen LogP) is 2.83. The van der Waals surface area contributed by atoms with Gasteiger partial charge < -0.3 is 15.8 Å². The molecular weight excluding hydrogens is 272 g/mol. The number of carbonyl (C=O) groups excluding carboxylic acids is 1. The van der Waals surface area contributed by atoms with Crippen molar-refractivity contribution in [3.8, 4) is 5.75 Å². The molecule has 20 heavy (non-hydrogen) atoms. The Morgan fingerprint density at radius 3 is 2.90 bits per heavy atom. The number of aryl methyl sites for hydroxylation is 1. The summed E-state index contributed by atoms with van der Waals surface area (Å²) in [5.41, 5.74) is 8.00. The highest BCUT2D eigenvalue weighted by atomic mass is 32.1. The molecule has 1 aromatic heterocycles. The SMILES string of the molecule is CCc1ccsc1CNC(=O)c1cccc(OC)c1N. The number of carbonyl (C=O) groups is 1. The molecule has 1 heterocycles. The fourth-order valence-corrected chi connectivity index (χ4v) is 2.93. The standard InChI is InChI=1S/C15H18N2O2S/c1-3-10-7-8-20-13(10)9-17-15(18)11-5-4-6-12(19-2)14(11)16/h4-8H,3,9,16H2,1-2H3,(H,17,18). The van der Waals surface area contributed by atoms with Gasteiger partial charge in [-0.05, 0) is 35.6 Å². The van der Waals surface area contributed by atoms with Crippen LogP contribution in [-0.4, -0.2) is 13.0 Å². The molecule has 1 amide bonds. The van der Waals surface area contributed by atoms with Gasteiger partial charge in [0, 0.05) is 4.88 Å². The van der Waals surface area contributed by atoms with Gasteiger partial charge in [-0.1, -0.05) is 13.0 Å². The minimum Gasteiger partial charge on any atom is -0.495 e. The van der Waals surface area contributed by atoms with Crippen LogP contribution in [0.2, 0.25) is 0 Å². The summed E-state index contributed by atoms with van der Waals surface area (Å²) in [6, 6.07) is 7.28. The van der Waals surface area contributed by atoms with E-state index in [1.54, 1.807) is 29.5 Å². The summed E-state index contributed by atoms with van der Waals surface area (Å²) in [7, 11) is 1.53. The molecule has 5 heteroatoms. The van der Waals surface area contributed by atoms with Gasteiger partial charge in [-0.2, -0.15) is 0 Å². The van der Waals surface area contributed by atoms with Crippen molar-refractivity contribution in [2.45, 2.75) is 19.9 Å². The van der Waals surface area contributed by atoms with E-state index in [1.165, 1.54) is 17.6 Å². The Hall–Kier alpha value is -2.01. The Morgan fingerprint density at radius 2 is 2.20 bits per heavy atom. The average Bonchev–Trinajstić information content (AvgIpc) is 2.92. The van der Waals surface area contributed by atoms with E-state index < -0.39 is 0 Å². The molecule has 2 aromatic rings. The molecule has 2 rings (SSSR count). The van der Waals surface area contributed by atoms with Gasteiger partial charge in [-0.25, -0.2) is 0 Å². The highest BCUT2D eigenvalue weighted by Crippen LogP contribution is 2.25. The van der Waals surface area contributed by atoms with Gasteiger partial charge in [0.1, 0.15) is 5.75 Å². The van der Waals surface area contributed by atoms with Crippen LogP contribution in [0.1, 0.15) is 27.7 Å². The topological polar surface area (TPSA) is 64.3 Å². The van der Waals surface area contributed by atoms with Crippen molar-refractivity contribution >= 4 is 22.9 Å². The number of anilines is 1. The molecule has 0 aliphatic carbocycles. The van der Waals surface area contributed by atoms with Gasteiger partial charge >= 0.3 is 0 Å². The number of para-hydroxylation sites is 1. The van der Waals surface area contributed by atoms with E-state index in [9.17, 15) is 4.79 Å². The number of ether oxygens (including phenoxy) is 1. The van der Waals surface area contributed by atoms with Gasteiger partial charge in [0.25, 0.3) is 5.91 Å². The van der Waals surface area contributed by atoms with Gasteiger partial charge in [-0.15, -0.1) is 11.3 Å². The van der Waals surface area contributed by atoms with Gasteiger partial charge in [-0.3, -0.25) is 4.79 Å². The number of nitrogens with two attached hydrogens (primary N) is 1. The van der Waals surface area contributed by atoms with Crippen molar-refractivity contribution < 1.29 is 9.53 Å². The quantitative estimate of drug-likeness (QED) is 0.832. The summed E-state index contributed by atoms with van der Waals surface area (Å²) in [6.45, 7) is 2.63. The summed E-state index contributed by atoms with van der Waals surface area (Å²) in [4.78, 5) is 13.4. The lowest BCUT2D eigenvalue weighted by Crippen LogP contribution is -2.24. The number of benzene rings is 1. The first-order chi connectivity index (χ1) is 9.67. The zero-order valence-corrected chi connectivity index (χ0v) is 12.4. The number of nitrogens with one attached hydrogen (secondary N) is 1. The third-order valence-electron chi connectivity index (χ3n) is 3.16. The van der Waals surface area contributed by atoms with Crippen LogP contribution in [-0.2, 0) is 13.0 Å². The van der Waals surface area contributed by atoms with Crippen LogP contribution in [0.4, 0.5) is 5.69 Å².